The molecule has 0 saturated carbocycles. The molecule has 0 atom stereocenters. The standard InChI is InChI=1S/C23H18F3N3OS/c1-3-19-28-21-20(22(30)29(19)15-9-11-16(31-2)12-10-15)17(23(24,25)26)13-18(27-21)14-7-5-4-6-8-14/h4-13H,3H2,1-2H3. The molecule has 2 aromatic carbocycles. The highest BCUT2D eigenvalue weighted by Crippen LogP contribution is 2.35. The second kappa shape index (κ2) is 8.19. The Labute approximate surface area is 180 Å². The first-order chi connectivity index (χ1) is 14.8. The quantitative estimate of drug-likeness (QED) is 0.378. The number of aryl methyl sites for hydroxylation is 1. The van der Waals surface area contributed by atoms with Gasteiger partial charge in [0.15, 0.2) is 5.65 Å². The van der Waals surface area contributed by atoms with Crippen molar-refractivity contribution < 1.29 is 13.2 Å². The van der Waals surface area contributed by atoms with Crippen LogP contribution in [0.1, 0.15) is 18.3 Å². The van der Waals surface area contributed by atoms with Crippen LogP contribution >= 0.6 is 11.8 Å². The van der Waals surface area contributed by atoms with E-state index < -0.39 is 22.7 Å². The highest BCUT2D eigenvalue weighted by atomic mass is 32.2. The fourth-order valence-electron chi connectivity index (χ4n) is 3.44. The number of thioether (sulfide) groups is 1. The van der Waals surface area contributed by atoms with Gasteiger partial charge in [0, 0.05) is 16.9 Å². The molecule has 0 aliphatic carbocycles. The lowest BCUT2D eigenvalue weighted by Crippen LogP contribution is -2.26. The van der Waals surface area contributed by atoms with Gasteiger partial charge in [0.2, 0.25) is 0 Å². The Morgan fingerprint density at radius 3 is 2.26 bits per heavy atom. The molecule has 0 fully saturated rings. The topological polar surface area (TPSA) is 47.8 Å². The van der Waals surface area contributed by atoms with E-state index in [0.717, 1.165) is 11.0 Å². The van der Waals surface area contributed by atoms with E-state index >= 15 is 0 Å². The number of hydrogen-bond donors (Lipinski definition) is 0. The predicted molar refractivity (Wildman–Crippen MR) is 117 cm³/mol. The Morgan fingerprint density at radius 1 is 1.00 bits per heavy atom. The van der Waals surface area contributed by atoms with Gasteiger partial charge in [0.1, 0.15) is 5.82 Å². The number of rotatable bonds is 4. The Morgan fingerprint density at radius 2 is 1.68 bits per heavy atom. The fraction of sp³-hybridized carbons (Fsp3) is 0.174. The summed E-state index contributed by atoms with van der Waals surface area (Å²) in [7, 11) is 0. The summed E-state index contributed by atoms with van der Waals surface area (Å²) >= 11 is 1.53. The zero-order chi connectivity index (χ0) is 22.2. The molecule has 4 nitrogen and oxygen atoms in total. The Balaban J connectivity index is 2.06. The molecule has 2 heterocycles. The summed E-state index contributed by atoms with van der Waals surface area (Å²) in [6.45, 7) is 1.80. The second-order valence-corrected chi connectivity index (χ2v) is 7.72. The summed E-state index contributed by atoms with van der Waals surface area (Å²) in [5.41, 5.74) is -0.908. The summed E-state index contributed by atoms with van der Waals surface area (Å²) in [6, 6.07) is 16.5. The molecule has 4 rings (SSSR count). The van der Waals surface area contributed by atoms with Gasteiger partial charge in [-0.05, 0) is 36.6 Å². The smallest absolute Gasteiger partial charge is 0.268 e. The van der Waals surface area contributed by atoms with Crippen LogP contribution < -0.4 is 5.56 Å². The molecule has 0 aliphatic rings. The molecule has 31 heavy (non-hydrogen) atoms. The lowest BCUT2D eigenvalue weighted by Gasteiger charge is -2.16. The minimum Gasteiger partial charge on any atom is -0.268 e. The fourth-order valence-corrected chi connectivity index (χ4v) is 3.85. The van der Waals surface area contributed by atoms with Crippen LogP contribution in [0.3, 0.4) is 0 Å². The van der Waals surface area contributed by atoms with Crippen molar-refractivity contribution in [1.29, 1.82) is 0 Å². The molecule has 0 radical (unpaired) electrons. The average molecular weight is 441 g/mol. The second-order valence-electron chi connectivity index (χ2n) is 6.84. The van der Waals surface area contributed by atoms with E-state index in [1.54, 1.807) is 49.4 Å². The zero-order valence-electron chi connectivity index (χ0n) is 16.8. The molecule has 4 aromatic rings. The molecule has 8 heteroatoms. The van der Waals surface area contributed by atoms with Crippen molar-refractivity contribution >= 4 is 22.8 Å². The first-order valence-corrected chi connectivity index (χ1v) is 10.8. The van der Waals surface area contributed by atoms with Gasteiger partial charge < -0.3 is 0 Å². The van der Waals surface area contributed by atoms with Crippen molar-refractivity contribution in [3.63, 3.8) is 0 Å². The molecule has 0 bridgehead atoms. The monoisotopic (exact) mass is 441 g/mol. The normalized spacial score (nSPS) is 11.8. The number of fused-ring (bicyclic) bond motifs is 1. The lowest BCUT2D eigenvalue weighted by molar-refractivity contribution is -0.136. The molecule has 0 unspecified atom stereocenters. The molecule has 0 N–H and O–H groups in total. The molecule has 2 aromatic heterocycles. The van der Waals surface area contributed by atoms with E-state index in [1.165, 1.54) is 16.3 Å². The van der Waals surface area contributed by atoms with Gasteiger partial charge in [-0.25, -0.2) is 9.97 Å². The minimum absolute atomic E-state index is 0.122. The van der Waals surface area contributed by atoms with E-state index in [-0.39, 0.29) is 11.3 Å². The highest BCUT2D eigenvalue weighted by molar-refractivity contribution is 7.98. The van der Waals surface area contributed by atoms with Gasteiger partial charge in [-0.3, -0.25) is 9.36 Å². The molecular weight excluding hydrogens is 423 g/mol. The summed E-state index contributed by atoms with van der Waals surface area (Å²) in [5.74, 6) is 0.347. The zero-order valence-corrected chi connectivity index (χ0v) is 17.6. The Bertz CT molecular complexity index is 1300. The Hall–Kier alpha value is -3.13. The van der Waals surface area contributed by atoms with Gasteiger partial charge in [-0.2, -0.15) is 13.2 Å². The number of aromatic nitrogens is 3. The summed E-state index contributed by atoms with van der Waals surface area (Å²) in [5, 5.41) is -0.529. The third-order valence-corrected chi connectivity index (χ3v) is 5.68. The van der Waals surface area contributed by atoms with Crippen LogP contribution in [0.2, 0.25) is 0 Å². The van der Waals surface area contributed by atoms with Crippen molar-refractivity contribution in [2.75, 3.05) is 6.26 Å². The number of alkyl halides is 3. The maximum absolute atomic E-state index is 14.0. The minimum atomic E-state index is -4.74. The first kappa shape index (κ1) is 21.1. The third-order valence-electron chi connectivity index (χ3n) is 4.93. The van der Waals surface area contributed by atoms with Gasteiger partial charge in [0.25, 0.3) is 5.56 Å². The van der Waals surface area contributed by atoms with Crippen molar-refractivity contribution in [3.8, 4) is 16.9 Å². The van der Waals surface area contributed by atoms with Crippen molar-refractivity contribution in [2.45, 2.75) is 24.4 Å². The van der Waals surface area contributed by atoms with Crippen LogP contribution in [0.25, 0.3) is 28.0 Å². The summed E-state index contributed by atoms with van der Waals surface area (Å²) < 4.78 is 43.2. The van der Waals surface area contributed by atoms with Crippen LogP contribution in [0.4, 0.5) is 13.2 Å². The Kier molecular flexibility index (Phi) is 5.58. The summed E-state index contributed by atoms with van der Waals surface area (Å²) in [4.78, 5) is 23.0. The van der Waals surface area contributed by atoms with Crippen LogP contribution in [0.15, 0.2) is 70.4 Å². The third kappa shape index (κ3) is 3.95. The number of pyridine rings is 1. The van der Waals surface area contributed by atoms with Gasteiger partial charge in [-0.15, -0.1) is 11.8 Å². The largest absolute Gasteiger partial charge is 0.417 e. The van der Waals surface area contributed by atoms with E-state index in [0.29, 0.717) is 23.5 Å². The predicted octanol–water partition coefficient (Wildman–Crippen LogP) is 5.75. The number of benzene rings is 2. The molecule has 0 amide bonds. The van der Waals surface area contributed by atoms with Gasteiger partial charge in [-0.1, -0.05) is 37.3 Å². The van der Waals surface area contributed by atoms with E-state index in [4.69, 9.17) is 0 Å². The first-order valence-electron chi connectivity index (χ1n) is 9.57. The van der Waals surface area contributed by atoms with Crippen molar-refractivity contribution in [3.05, 3.63) is 82.4 Å². The van der Waals surface area contributed by atoms with Crippen LogP contribution in [0.5, 0.6) is 0 Å². The average Bonchev–Trinajstić information content (AvgIpc) is 2.78. The van der Waals surface area contributed by atoms with Crippen LogP contribution in [0, 0.1) is 0 Å². The summed E-state index contributed by atoms with van der Waals surface area (Å²) in [6.07, 6.45) is -2.46. The SMILES string of the molecule is CCc1nc2nc(-c3ccccc3)cc(C(F)(F)F)c2c(=O)n1-c1ccc(SC)cc1. The van der Waals surface area contributed by atoms with E-state index in [2.05, 4.69) is 9.97 Å². The van der Waals surface area contributed by atoms with Gasteiger partial charge >= 0.3 is 6.18 Å². The van der Waals surface area contributed by atoms with Crippen molar-refractivity contribution in [1.82, 2.24) is 14.5 Å². The van der Waals surface area contributed by atoms with E-state index in [1.807, 2.05) is 18.4 Å². The van der Waals surface area contributed by atoms with E-state index in [9.17, 15) is 18.0 Å². The number of hydrogen-bond acceptors (Lipinski definition) is 4. The highest BCUT2D eigenvalue weighted by Gasteiger charge is 2.36. The molecule has 0 saturated heterocycles. The molecule has 0 spiro atoms. The maximum Gasteiger partial charge on any atom is 0.417 e. The maximum atomic E-state index is 14.0. The molecular formula is C23H18F3N3OS. The van der Waals surface area contributed by atoms with Crippen molar-refractivity contribution in [2.24, 2.45) is 0 Å². The van der Waals surface area contributed by atoms with Crippen LogP contribution in [-0.2, 0) is 12.6 Å². The lowest BCUT2D eigenvalue weighted by atomic mass is 10.1. The molecule has 0 aliphatic heterocycles. The van der Waals surface area contributed by atoms with Crippen LogP contribution in [-0.4, -0.2) is 20.8 Å². The number of halogens is 3. The number of nitrogens with zero attached hydrogens (tertiary/aromatic N) is 3. The molecule has 158 valence electrons. The van der Waals surface area contributed by atoms with Gasteiger partial charge in [0.05, 0.1) is 22.3 Å².